The number of aliphatic carboxylic acids is 1. The number of ether oxygens (including phenoxy) is 1. The summed E-state index contributed by atoms with van der Waals surface area (Å²) in [7, 11) is 0. The first-order valence-corrected chi connectivity index (χ1v) is 4.26. The van der Waals surface area contributed by atoms with Crippen molar-refractivity contribution in [3.05, 3.63) is 0 Å². The summed E-state index contributed by atoms with van der Waals surface area (Å²) in [4.78, 5) is 10.6. The number of carboxylic acids is 1. The van der Waals surface area contributed by atoms with Gasteiger partial charge in [-0.2, -0.15) is 12.6 Å². The van der Waals surface area contributed by atoms with E-state index >= 15 is 0 Å². The fourth-order valence-electron chi connectivity index (χ4n) is 1.95. The lowest BCUT2D eigenvalue weighted by Gasteiger charge is -2.18. The van der Waals surface area contributed by atoms with Crippen LogP contribution in [0.3, 0.4) is 0 Å². The number of hydrogen-bond acceptors (Lipinski definition) is 3. The van der Waals surface area contributed by atoms with Crippen LogP contribution in [0.15, 0.2) is 0 Å². The van der Waals surface area contributed by atoms with Crippen molar-refractivity contribution >= 4 is 18.6 Å². The second kappa shape index (κ2) is 2.38. The Balaban J connectivity index is 2.12. The van der Waals surface area contributed by atoms with Crippen molar-refractivity contribution in [3.63, 3.8) is 0 Å². The Morgan fingerprint density at radius 3 is 2.64 bits per heavy atom. The fraction of sp³-hybridized carbons (Fsp3) is 0.857. The largest absolute Gasteiger partial charge is 0.481 e. The van der Waals surface area contributed by atoms with Gasteiger partial charge in [0.05, 0.1) is 18.1 Å². The van der Waals surface area contributed by atoms with Gasteiger partial charge in [0.1, 0.15) is 0 Å². The number of carbonyl (C=O) groups is 1. The van der Waals surface area contributed by atoms with Gasteiger partial charge in [-0.15, -0.1) is 0 Å². The van der Waals surface area contributed by atoms with E-state index in [1.54, 1.807) is 0 Å². The standard InChI is InChI=1S/C7H10O3S/c8-7(9)4-1-3-2-5(11)6(4)10-3/h3-6,11H,1-2H2,(H,8,9). The van der Waals surface area contributed by atoms with E-state index in [0.29, 0.717) is 6.42 Å². The molecule has 2 aliphatic rings. The third-order valence-electron chi connectivity index (χ3n) is 2.46. The second-order valence-corrected chi connectivity index (χ2v) is 3.87. The molecule has 4 atom stereocenters. The zero-order valence-corrected chi connectivity index (χ0v) is 6.83. The summed E-state index contributed by atoms with van der Waals surface area (Å²) < 4.78 is 5.40. The lowest BCUT2D eigenvalue weighted by molar-refractivity contribution is -0.143. The van der Waals surface area contributed by atoms with Crippen molar-refractivity contribution in [2.24, 2.45) is 5.92 Å². The molecule has 2 saturated heterocycles. The van der Waals surface area contributed by atoms with Crippen LogP contribution in [0.2, 0.25) is 0 Å². The maximum atomic E-state index is 10.6. The molecule has 11 heavy (non-hydrogen) atoms. The maximum absolute atomic E-state index is 10.6. The molecule has 2 bridgehead atoms. The van der Waals surface area contributed by atoms with Gasteiger partial charge in [-0.1, -0.05) is 0 Å². The van der Waals surface area contributed by atoms with E-state index in [0.717, 1.165) is 6.42 Å². The Bertz CT molecular complexity index is 194. The van der Waals surface area contributed by atoms with E-state index in [2.05, 4.69) is 12.6 Å². The molecule has 0 radical (unpaired) electrons. The normalized spacial score (nSPS) is 48.1. The predicted molar refractivity (Wildman–Crippen MR) is 41.8 cm³/mol. The van der Waals surface area contributed by atoms with Crippen molar-refractivity contribution < 1.29 is 14.6 Å². The first-order chi connectivity index (χ1) is 5.18. The lowest BCUT2D eigenvalue weighted by atomic mass is 9.89. The van der Waals surface area contributed by atoms with E-state index in [-0.39, 0.29) is 23.4 Å². The van der Waals surface area contributed by atoms with Gasteiger partial charge in [0.2, 0.25) is 0 Å². The van der Waals surface area contributed by atoms with Crippen LogP contribution < -0.4 is 0 Å². The van der Waals surface area contributed by atoms with Crippen LogP contribution in [0.25, 0.3) is 0 Å². The van der Waals surface area contributed by atoms with Crippen LogP contribution in [0.5, 0.6) is 0 Å². The van der Waals surface area contributed by atoms with Crippen LogP contribution in [-0.4, -0.2) is 28.5 Å². The molecule has 2 fully saturated rings. The molecule has 4 unspecified atom stereocenters. The van der Waals surface area contributed by atoms with Crippen LogP contribution >= 0.6 is 12.6 Å². The molecule has 0 aromatic rings. The number of carboxylic acid groups (broad SMARTS) is 1. The van der Waals surface area contributed by atoms with Crippen molar-refractivity contribution in [2.45, 2.75) is 30.3 Å². The molecule has 0 aromatic heterocycles. The zero-order chi connectivity index (χ0) is 8.01. The minimum absolute atomic E-state index is 0.134. The van der Waals surface area contributed by atoms with Crippen molar-refractivity contribution in [1.82, 2.24) is 0 Å². The molecule has 0 saturated carbocycles. The van der Waals surface area contributed by atoms with Crippen molar-refractivity contribution in [3.8, 4) is 0 Å². The summed E-state index contributed by atoms with van der Waals surface area (Å²) in [6.45, 7) is 0. The summed E-state index contributed by atoms with van der Waals surface area (Å²) in [6.07, 6.45) is 1.61. The van der Waals surface area contributed by atoms with Crippen molar-refractivity contribution in [2.75, 3.05) is 0 Å². The predicted octanol–water partition coefficient (Wildman–Crippen LogP) is 0.547. The van der Waals surface area contributed by atoms with E-state index < -0.39 is 5.97 Å². The summed E-state index contributed by atoms with van der Waals surface area (Å²) >= 11 is 4.26. The van der Waals surface area contributed by atoms with Gasteiger partial charge in [-0.05, 0) is 12.8 Å². The molecule has 0 amide bonds. The molecule has 62 valence electrons. The second-order valence-electron chi connectivity index (χ2n) is 3.21. The van der Waals surface area contributed by atoms with Crippen LogP contribution in [0, 0.1) is 5.92 Å². The lowest BCUT2D eigenvalue weighted by Crippen LogP contribution is -2.32. The molecular weight excluding hydrogens is 164 g/mol. The average Bonchev–Trinajstić information content (AvgIpc) is 2.43. The summed E-state index contributed by atoms with van der Waals surface area (Å²) in [5.41, 5.74) is 0. The number of thiol groups is 1. The summed E-state index contributed by atoms with van der Waals surface area (Å²) in [5, 5.41) is 8.87. The molecule has 1 N–H and O–H groups in total. The third-order valence-corrected chi connectivity index (χ3v) is 2.97. The molecule has 2 heterocycles. The Morgan fingerprint density at radius 2 is 2.27 bits per heavy atom. The van der Waals surface area contributed by atoms with Gasteiger partial charge >= 0.3 is 5.97 Å². The summed E-state index contributed by atoms with van der Waals surface area (Å²) in [5.74, 6) is -1.05. The monoisotopic (exact) mass is 174 g/mol. The molecule has 0 spiro atoms. The molecular formula is C7H10O3S. The quantitative estimate of drug-likeness (QED) is 0.570. The first-order valence-electron chi connectivity index (χ1n) is 3.75. The highest BCUT2D eigenvalue weighted by molar-refractivity contribution is 7.81. The molecule has 0 aromatic carbocycles. The topological polar surface area (TPSA) is 46.5 Å². The van der Waals surface area contributed by atoms with E-state index in [1.165, 1.54) is 0 Å². The van der Waals surface area contributed by atoms with E-state index in [4.69, 9.17) is 9.84 Å². The van der Waals surface area contributed by atoms with Crippen LogP contribution in [-0.2, 0) is 9.53 Å². The number of rotatable bonds is 1. The molecule has 2 rings (SSSR count). The Labute approximate surface area is 70.1 Å². The maximum Gasteiger partial charge on any atom is 0.309 e. The molecule has 3 nitrogen and oxygen atoms in total. The SMILES string of the molecule is O=C(O)C1CC2CC(S)C1O2. The van der Waals surface area contributed by atoms with E-state index in [1.807, 2.05) is 0 Å². The van der Waals surface area contributed by atoms with Gasteiger partial charge in [-0.25, -0.2) is 0 Å². The van der Waals surface area contributed by atoms with Crippen LogP contribution in [0.4, 0.5) is 0 Å². The Morgan fingerprint density at radius 1 is 1.55 bits per heavy atom. The first kappa shape index (κ1) is 7.43. The van der Waals surface area contributed by atoms with Crippen LogP contribution in [0.1, 0.15) is 12.8 Å². The number of hydrogen-bond donors (Lipinski definition) is 2. The molecule has 0 aliphatic carbocycles. The highest BCUT2D eigenvalue weighted by Gasteiger charge is 2.49. The van der Waals surface area contributed by atoms with Gasteiger partial charge in [0.25, 0.3) is 0 Å². The third kappa shape index (κ3) is 1.05. The van der Waals surface area contributed by atoms with E-state index in [9.17, 15) is 4.79 Å². The fourth-order valence-corrected chi connectivity index (χ4v) is 2.46. The summed E-state index contributed by atoms with van der Waals surface area (Å²) in [6, 6.07) is 0. The molecule has 2 aliphatic heterocycles. The molecule has 4 heteroatoms. The minimum atomic E-state index is -0.740. The zero-order valence-electron chi connectivity index (χ0n) is 5.93. The number of fused-ring (bicyclic) bond motifs is 2. The Kier molecular flexibility index (Phi) is 1.61. The van der Waals surface area contributed by atoms with Gasteiger partial charge < -0.3 is 9.84 Å². The van der Waals surface area contributed by atoms with Gasteiger partial charge in [-0.3, -0.25) is 4.79 Å². The highest BCUT2D eigenvalue weighted by atomic mass is 32.1. The minimum Gasteiger partial charge on any atom is -0.481 e. The Hall–Kier alpha value is -0.220. The van der Waals surface area contributed by atoms with Gasteiger partial charge in [0.15, 0.2) is 0 Å². The van der Waals surface area contributed by atoms with Crippen molar-refractivity contribution in [1.29, 1.82) is 0 Å². The highest BCUT2D eigenvalue weighted by Crippen LogP contribution is 2.41. The van der Waals surface area contributed by atoms with Gasteiger partial charge in [0, 0.05) is 5.25 Å². The smallest absolute Gasteiger partial charge is 0.309 e. The average molecular weight is 174 g/mol.